The van der Waals surface area contributed by atoms with Crippen LogP contribution in [0.2, 0.25) is 0 Å². The third-order valence-electron chi connectivity index (χ3n) is 2.31. The van der Waals surface area contributed by atoms with Crippen LogP contribution in [-0.2, 0) is 0 Å². The second-order valence-electron chi connectivity index (χ2n) is 3.53. The number of allylic oxidation sites excluding steroid dienone is 4. The van der Waals surface area contributed by atoms with Gasteiger partial charge in [0.15, 0.2) is 6.29 Å². The molecule has 92 valence electrons. The fraction of sp³-hybridized carbons (Fsp3) is 0.214. The minimum Gasteiger partial charge on any atom is -0.298 e. The molecule has 0 saturated heterocycles. The Hall–Kier alpha value is -2.28. The number of nitriles is 1. The topological polar surface area (TPSA) is 53.8 Å². The van der Waals surface area contributed by atoms with Crippen molar-refractivity contribution in [2.45, 2.75) is 13.3 Å². The highest BCUT2D eigenvalue weighted by molar-refractivity contribution is 5.85. The molecular formula is C14H13FN2O. The van der Waals surface area contributed by atoms with E-state index in [0.717, 1.165) is 0 Å². The molecule has 0 unspecified atom stereocenters. The molecular weight excluding hydrogens is 231 g/mol. The van der Waals surface area contributed by atoms with Gasteiger partial charge in [-0.1, -0.05) is 13.0 Å². The number of alkyl halides is 1. The third-order valence-corrected chi connectivity index (χ3v) is 2.31. The van der Waals surface area contributed by atoms with Gasteiger partial charge in [0, 0.05) is 23.5 Å². The number of hydrogen-bond donors (Lipinski definition) is 0. The number of halogens is 1. The van der Waals surface area contributed by atoms with Crippen molar-refractivity contribution in [1.82, 2.24) is 4.98 Å². The number of hydrogen-bond acceptors (Lipinski definition) is 3. The molecule has 0 N–H and O–H groups in total. The molecule has 3 nitrogen and oxygen atoms in total. The number of carbonyl (C=O) groups excluding carboxylic acids is 1. The average Bonchev–Trinajstić information content (AvgIpc) is 2.42. The summed E-state index contributed by atoms with van der Waals surface area (Å²) in [6.07, 6.45) is 7.41. The van der Waals surface area contributed by atoms with E-state index < -0.39 is 6.67 Å². The summed E-state index contributed by atoms with van der Waals surface area (Å²) in [6, 6.07) is 3.59. The monoisotopic (exact) mass is 244 g/mol. The minimum atomic E-state index is -0.704. The van der Waals surface area contributed by atoms with Gasteiger partial charge in [0.05, 0.1) is 11.6 Å². The number of pyridine rings is 1. The van der Waals surface area contributed by atoms with Crippen LogP contribution < -0.4 is 0 Å². The Kier molecular flexibility index (Phi) is 5.46. The highest BCUT2D eigenvalue weighted by atomic mass is 19.1. The Labute approximate surface area is 105 Å². The van der Waals surface area contributed by atoms with Crippen LogP contribution in [0.15, 0.2) is 36.2 Å². The first-order valence-electron chi connectivity index (χ1n) is 5.54. The van der Waals surface area contributed by atoms with E-state index in [4.69, 9.17) is 5.26 Å². The number of rotatable bonds is 5. The quantitative estimate of drug-likeness (QED) is 0.454. The molecule has 4 heteroatoms. The molecule has 18 heavy (non-hydrogen) atoms. The van der Waals surface area contributed by atoms with Crippen LogP contribution in [0.3, 0.4) is 0 Å². The fourth-order valence-corrected chi connectivity index (χ4v) is 1.55. The predicted octanol–water partition coefficient (Wildman–Crippen LogP) is 3.11. The molecule has 1 heterocycles. The second kappa shape index (κ2) is 7.13. The van der Waals surface area contributed by atoms with Gasteiger partial charge in [-0.2, -0.15) is 5.26 Å². The molecule has 1 rings (SSSR count). The second-order valence-corrected chi connectivity index (χ2v) is 3.53. The van der Waals surface area contributed by atoms with E-state index in [2.05, 4.69) is 4.98 Å². The van der Waals surface area contributed by atoms with Crippen molar-refractivity contribution in [3.8, 4) is 6.07 Å². The average molecular weight is 244 g/mol. The van der Waals surface area contributed by atoms with Gasteiger partial charge >= 0.3 is 0 Å². The van der Waals surface area contributed by atoms with E-state index in [9.17, 15) is 9.18 Å². The lowest BCUT2D eigenvalue weighted by atomic mass is 9.98. The summed E-state index contributed by atoms with van der Waals surface area (Å²) in [6.45, 7) is 1.21. The molecule has 0 aliphatic rings. The Morgan fingerprint density at radius 3 is 2.83 bits per heavy atom. The zero-order chi connectivity index (χ0) is 13.4. The molecule has 0 aliphatic carbocycles. The summed E-state index contributed by atoms with van der Waals surface area (Å²) in [5, 5.41) is 9.03. The summed E-state index contributed by atoms with van der Waals surface area (Å²) in [4.78, 5) is 14.6. The van der Waals surface area contributed by atoms with E-state index in [1.165, 1.54) is 12.3 Å². The van der Waals surface area contributed by atoms with Crippen LogP contribution in [0.1, 0.15) is 29.3 Å². The number of aldehydes is 1. The van der Waals surface area contributed by atoms with E-state index >= 15 is 0 Å². The summed E-state index contributed by atoms with van der Waals surface area (Å²) in [5.41, 5.74) is 1.92. The van der Waals surface area contributed by atoms with Crippen molar-refractivity contribution in [3.05, 3.63) is 47.3 Å². The first-order chi connectivity index (χ1) is 8.76. The molecule has 0 fully saturated rings. The zero-order valence-electron chi connectivity index (χ0n) is 10.1. The number of nitrogens with zero attached hydrogens (tertiary/aromatic N) is 2. The van der Waals surface area contributed by atoms with Crippen LogP contribution in [0.5, 0.6) is 0 Å². The minimum absolute atomic E-state index is 0.254. The van der Waals surface area contributed by atoms with Crippen molar-refractivity contribution < 1.29 is 9.18 Å². The van der Waals surface area contributed by atoms with Crippen molar-refractivity contribution in [3.63, 3.8) is 0 Å². The molecule has 0 spiro atoms. The van der Waals surface area contributed by atoms with Gasteiger partial charge in [-0.15, -0.1) is 0 Å². The Morgan fingerprint density at radius 2 is 2.28 bits per heavy atom. The van der Waals surface area contributed by atoms with Gasteiger partial charge in [0.25, 0.3) is 0 Å². The van der Waals surface area contributed by atoms with Crippen LogP contribution >= 0.6 is 0 Å². The lowest BCUT2D eigenvalue weighted by Gasteiger charge is -2.06. The number of aromatic nitrogens is 1. The van der Waals surface area contributed by atoms with Crippen molar-refractivity contribution in [2.24, 2.45) is 0 Å². The summed E-state index contributed by atoms with van der Waals surface area (Å²) in [7, 11) is 0. The summed E-state index contributed by atoms with van der Waals surface area (Å²) in [5.74, 6) is 0. The molecule has 0 amide bonds. The first kappa shape index (κ1) is 13.8. The van der Waals surface area contributed by atoms with Crippen molar-refractivity contribution in [2.75, 3.05) is 6.67 Å². The van der Waals surface area contributed by atoms with Crippen LogP contribution in [0, 0.1) is 11.3 Å². The molecule has 0 aromatic carbocycles. The molecule has 1 aromatic rings. The van der Waals surface area contributed by atoms with Gasteiger partial charge in [-0.3, -0.25) is 9.78 Å². The summed E-state index contributed by atoms with van der Waals surface area (Å²) >= 11 is 0. The van der Waals surface area contributed by atoms with E-state index in [1.54, 1.807) is 12.3 Å². The van der Waals surface area contributed by atoms with Crippen LogP contribution in [0.4, 0.5) is 4.39 Å². The van der Waals surface area contributed by atoms with E-state index in [0.29, 0.717) is 29.4 Å². The molecule has 1 aromatic heterocycles. The van der Waals surface area contributed by atoms with Gasteiger partial charge in [0.1, 0.15) is 6.67 Å². The van der Waals surface area contributed by atoms with Crippen LogP contribution in [-0.4, -0.2) is 17.9 Å². The first-order valence-corrected chi connectivity index (χ1v) is 5.54. The van der Waals surface area contributed by atoms with Crippen LogP contribution in [0.25, 0.3) is 5.57 Å². The molecule has 0 atom stereocenters. The molecule has 0 aliphatic heterocycles. The van der Waals surface area contributed by atoms with Gasteiger partial charge < -0.3 is 0 Å². The highest BCUT2D eigenvalue weighted by Crippen LogP contribution is 2.23. The smallest absolute Gasteiger partial charge is 0.151 e. The maximum absolute atomic E-state index is 12.4. The Balaban J connectivity index is 3.29. The standard InChI is InChI=1S/C14H13FN2O/c1-2-3-14(12(7-16)4-5-15)13-6-11(10-18)8-17-9-13/h3-4,6,8-10H,2,5H2,1H3/b12-4-,14-3+. The lowest BCUT2D eigenvalue weighted by molar-refractivity contribution is 0.112. The van der Waals surface area contributed by atoms with Gasteiger partial charge in [0.2, 0.25) is 0 Å². The molecule has 0 bridgehead atoms. The third kappa shape index (κ3) is 3.36. The fourth-order valence-electron chi connectivity index (χ4n) is 1.55. The van der Waals surface area contributed by atoms with Crippen molar-refractivity contribution in [1.29, 1.82) is 5.26 Å². The Morgan fingerprint density at radius 1 is 1.50 bits per heavy atom. The molecule has 0 radical (unpaired) electrons. The molecule has 0 saturated carbocycles. The van der Waals surface area contributed by atoms with E-state index in [-0.39, 0.29) is 5.57 Å². The van der Waals surface area contributed by atoms with Gasteiger partial charge in [-0.25, -0.2) is 4.39 Å². The van der Waals surface area contributed by atoms with E-state index in [1.807, 2.05) is 19.1 Å². The zero-order valence-corrected chi connectivity index (χ0v) is 10.1. The lowest BCUT2D eigenvalue weighted by Crippen LogP contribution is -1.93. The largest absolute Gasteiger partial charge is 0.298 e. The normalized spacial score (nSPS) is 12.1. The summed E-state index contributed by atoms with van der Waals surface area (Å²) < 4.78 is 12.4. The highest BCUT2D eigenvalue weighted by Gasteiger charge is 2.08. The van der Waals surface area contributed by atoms with Gasteiger partial charge in [-0.05, 0) is 24.1 Å². The number of carbonyl (C=O) groups is 1. The predicted molar refractivity (Wildman–Crippen MR) is 67.6 cm³/mol. The van der Waals surface area contributed by atoms with Crippen molar-refractivity contribution >= 4 is 11.9 Å². The Bertz CT molecular complexity index is 527. The maximum Gasteiger partial charge on any atom is 0.151 e. The maximum atomic E-state index is 12.4. The SMILES string of the molecule is CC/C=C(\C(C#N)=C/CF)c1cncc(C=O)c1.